The summed E-state index contributed by atoms with van der Waals surface area (Å²) in [6.45, 7) is 2.40. The van der Waals surface area contributed by atoms with E-state index < -0.39 is 0 Å². The molecule has 1 saturated heterocycles. The number of nitrogens with zero attached hydrogens (tertiary/aromatic N) is 2. The molecule has 1 aliphatic heterocycles. The molecule has 146 valence electrons. The zero-order valence-corrected chi connectivity index (χ0v) is 16.7. The molecule has 0 atom stereocenters. The van der Waals surface area contributed by atoms with Crippen LogP contribution in [0.5, 0.6) is 0 Å². The standard InChI is InChI=1S/C22H25N3O2S/c26-21(24-11-5-2-6-12-24)16-23-22(27)19-15-20-18(10-14-28-20)25(19)13-9-17-7-3-1-4-8-17/h1,3-4,7-8,10,14-15H,2,5-6,9,11-13,16H2,(H,23,27). The molecule has 5 nitrogen and oxygen atoms in total. The minimum atomic E-state index is -0.179. The largest absolute Gasteiger partial charge is 0.342 e. The smallest absolute Gasteiger partial charge is 0.268 e. The maximum Gasteiger partial charge on any atom is 0.268 e. The van der Waals surface area contributed by atoms with Crippen molar-refractivity contribution in [2.24, 2.45) is 0 Å². The van der Waals surface area contributed by atoms with Crippen LogP contribution in [0, 0.1) is 0 Å². The summed E-state index contributed by atoms with van der Waals surface area (Å²) in [6.07, 6.45) is 4.14. The Hall–Kier alpha value is -2.60. The third-order valence-corrected chi connectivity index (χ3v) is 6.18. The maximum absolute atomic E-state index is 12.8. The number of amides is 2. The SMILES string of the molecule is O=C(NCC(=O)N1CCCCC1)c1cc2sccc2n1CCc1ccccc1. The van der Waals surface area contributed by atoms with Gasteiger partial charge >= 0.3 is 0 Å². The van der Waals surface area contributed by atoms with Crippen molar-refractivity contribution in [2.75, 3.05) is 19.6 Å². The molecule has 0 saturated carbocycles. The number of nitrogens with one attached hydrogen (secondary N) is 1. The van der Waals surface area contributed by atoms with Gasteiger partial charge in [-0.3, -0.25) is 9.59 Å². The first-order chi connectivity index (χ1) is 13.7. The summed E-state index contributed by atoms with van der Waals surface area (Å²) in [5.74, 6) is -0.168. The number of aryl methyl sites for hydroxylation is 2. The molecule has 4 rings (SSSR count). The average Bonchev–Trinajstić information content (AvgIpc) is 3.33. The highest BCUT2D eigenvalue weighted by molar-refractivity contribution is 7.17. The number of rotatable bonds is 6. The quantitative estimate of drug-likeness (QED) is 0.692. The van der Waals surface area contributed by atoms with Crippen LogP contribution in [0.25, 0.3) is 10.2 Å². The van der Waals surface area contributed by atoms with Crippen LogP contribution in [-0.2, 0) is 17.8 Å². The number of hydrogen-bond acceptors (Lipinski definition) is 3. The first kappa shape index (κ1) is 18.7. The molecule has 2 aromatic heterocycles. The molecule has 1 aliphatic rings. The summed E-state index contributed by atoms with van der Waals surface area (Å²) in [6, 6.07) is 14.3. The van der Waals surface area contributed by atoms with Crippen molar-refractivity contribution < 1.29 is 9.59 Å². The van der Waals surface area contributed by atoms with Crippen molar-refractivity contribution in [3.05, 3.63) is 59.1 Å². The molecule has 2 amide bonds. The molecule has 3 aromatic rings. The fraction of sp³-hybridized carbons (Fsp3) is 0.364. The lowest BCUT2D eigenvalue weighted by molar-refractivity contribution is -0.130. The first-order valence-corrected chi connectivity index (χ1v) is 10.8. The lowest BCUT2D eigenvalue weighted by Gasteiger charge is -2.26. The Bertz CT molecular complexity index is 955. The maximum atomic E-state index is 12.8. The van der Waals surface area contributed by atoms with Gasteiger partial charge in [-0.25, -0.2) is 0 Å². The second-order valence-corrected chi connectivity index (χ2v) is 8.16. The summed E-state index contributed by atoms with van der Waals surface area (Å²) in [7, 11) is 0. The van der Waals surface area contributed by atoms with Crippen molar-refractivity contribution in [3.8, 4) is 0 Å². The number of benzene rings is 1. The van der Waals surface area contributed by atoms with Crippen molar-refractivity contribution in [1.29, 1.82) is 0 Å². The van der Waals surface area contributed by atoms with E-state index in [0.29, 0.717) is 5.69 Å². The Morgan fingerprint density at radius 1 is 1.04 bits per heavy atom. The van der Waals surface area contributed by atoms with Crippen LogP contribution in [0.2, 0.25) is 0 Å². The normalized spacial score (nSPS) is 14.4. The van der Waals surface area contributed by atoms with Gasteiger partial charge in [0.1, 0.15) is 5.69 Å². The predicted molar refractivity (Wildman–Crippen MR) is 113 cm³/mol. The van der Waals surface area contributed by atoms with E-state index in [1.807, 2.05) is 34.5 Å². The van der Waals surface area contributed by atoms with Crippen LogP contribution in [0.4, 0.5) is 0 Å². The van der Waals surface area contributed by atoms with Crippen molar-refractivity contribution in [1.82, 2.24) is 14.8 Å². The van der Waals surface area contributed by atoms with E-state index in [9.17, 15) is 9.59 Å². The van der Waals surface area contributed by atoms with E-state index in [1.165, 1.54) is 12.0 Å². The number of likely N-dealkylation sites (tertiary alicyclic amines) is 1. The fourth-order valence-corrected chi connectivity index (χ4v) is 4.62. The van der Waals surface area contributed by atoms with Crippen LogP contribution in [-0.4, -0.2) is 40.9 Å². The Morgan fingerprint density at radius 2 is 1.82 bits per heavy atom. The minimum absolute atomic E-state index is 0.0113. The van der Waals surface area contributed by atoms with Crippen LogP contribution in [0.3, 0.4) is 0 Å². The molecule has 0 unspecified atom stereocenters. The highest BCUT2D eigenvalue weighted by Crippen LogP contribution is 2.25. The monoisotopic (exact) mass is 395 g/mol. The molecule has 28 heavy (non-hydrogen) atoms. The average molecular weight is 396 g/mol. The van der Waals surface area contributed by atoms with Crippen LogP contribution < -0.4 is 5.32 Å². The van der Waals surface area contributed by atoms with E-state index in [-0.39, 0.29) is 18.4 Å². The van der Waals surface area contributed by atoms with Gasteiger partial charge in [0.2, 0.25) is 5.91 Å². The van der Waals surface area contributed by atoms with Crippen LogP contribution in [0.15, 0.2) is 47.8 Å². The third kappa shape index (κ3) is 4.12. The Balaban J connectivity index is 1.45. The second kappa shape index (κ2) is 8.61. The van der Waals surface area contributed by atoms with E-state index in [1.54, 1.807) is 11.3 Å². The molecule has 0 bridgehead atoms. The van der Waals surface area contributed by atoms with Crippen molar-refractivity contribution >= 4 is 33.4 Å². The first-order valence-electron chi connectivity index (χ1n) is 9.89. The Labute approximate surface area is 169 Å². The summed E-state index contributed by atoms with van der Waals surface area (Å²) < 4.78 is 3.17. The number of piperidine rings is 1. The zero-order chi connectivity index (χ0) is 19.3. The summed E-state index contributed by atoms with van der Waals surface area (Å²) >= 11 is 1.63. The van der Waals surface area contributed by atoms with Crippen molar-refractivity contribution in [3.63, 3.8) is 0 Å². The van der Waals surface area contributed by atoms with E-state index in [0.717, 1.165) is 49.1 Å². The summed E-state index contributed by atoms with van der Waals surface area (Å²) in [5, 5.41) is 4.89. The van der Waals surface area contributed by atoms with Gasteiger partial charge < -0.3 is 14.8 Å². The zero-order valence-electron chi connectivity index (χ0n) is 15.9. The topological polar surface area (TPSA) is 54.3 Å². The molecule has 0 spiro atoms. The fourth-order valence-electron chi connectivity index (χ4n) is 3.79. The number of carbonyl (C=O) groups excluding carboxylic acids is 2. The van der Waals surface area contributed by atoms with E-state index in [2.05, 4.69) is 28.1 Å². The van der Waals surface area contributed by atoms with Gasteiger partial charge in [0.15, 0.2) is 0 Å². The lowest BCUT2D eigenvalue weighted by Crippen LogP contribution is -2.42. The van der Waals surface area contributed by atoms with Gasteiger partial charge in [-0.15, -0.1) is 11.3 Å². The second-order valence-electron chi connectivity index (χ2n) is 7.21. The van der Waals surface area contributed by atoms with Gasteiger partial charge in [-0.1, -0.05) is 30.3 Å². The van der Waals surface area contributed by atoms with Crippen LogP contribution >= 0.6 is 11.3 Å². The van der Waals surface area contributed by atoms with Gasteiger partial charge in [-0.05, 0) is 48.8 Å². The molecule has 1 fully saturated rings. The highest BCUT2D eigenvalue weighted by Gasteiger charge is 2.20. The van der Waals surface area contributed by atoms with Gasteiger partial charge in [-0.2, -0.15) is 0 Å². The summed E-state index contributed by atoms with van der Waals surface area (Å²) in [5.41, 5.74) is 2.95. The lowest BCUT2D eigenvalue weighted by atomic mass is 10.1. The van der Waals surface area contributed by atoms with Gasteiger partial charge in [0.05, 0.1) is 16.8 Å². The molecule has 6 heteroatoms. The van der Waals surface area contributed by atoms with Crippen molar-refractivity contribution in [2.45, 2.75) is 32.2 Å². The predicted octanol–water partition coefficient (Wildman–Crippen LogP) is 3.69. The highest BCUT2D eigenvalue weighted by atomic mass is 32.1. The van der Waals surface area contributed by atoms with E-state index in [4.69, 9.17) is 0 Å². The third-order valence-electron chi connectivity index (χ3n) is 5.33. The number of aromatic nitrogens is 1. The molecule has 3 heterocycles. The number of thiophene rings is 1. The molecular formula is C22H25N3O2S. The summed E-state index contributed by atoms with van der Waals surface area (Å²) in [4.78, 5) is 27.0. The number of fused-ring (bicyclic) bond motifs is 1. The Morgan fingerprint density at radius 3 is 2.61 bits per heavy atom. The number of carbonyl (C=O) groups is 2. The van der Waals surface area contributed by atoms with Gasteiger partial charge in [0.25, 0.3) is 5.91 Å². The number of hydrogen-bond donors (Lipinski definition) is 1. The molecule has 1 N–H and O–H groups in total. The minimum Gasteiger partial charge on any atom is -0.342 e. The van der Waals surface area contributed by atoms with Crippen LogP contribution in [0.1, 0.15) is 35.3 Å². The Kier molecular flexibility index (Phi) is 5.76. The molecule has 1 aromatic carbocycles. The molecule has 0 radical (unpaired) electrons. The molecule has 0 aliphatic carbocycles. The van der Waals surface area contributed by atoms with Gasteiger partial charge in [0, 0.05) is 19.6 Å². The van der Waals surface area contributed by atoms with E-state index >= 15 is 0 Å². The molecular weight excluding hydrogens is 370 g/mol.